The van der Waals surface area contributed by atoms with Crippen LogP contribution in [0.2, 0.25) is 0 Å². The van der Waals surface area contributed by atoms with Crippen LogP contribution in [0.1, 0.15) is 342 Å². The van der Waals surface area contributed by atoms with E-state index in [0.717, 1.165) is 38.5 Å². The number of rotatable bonds is 58. The lowest BCUT2D eigenvalue weighted by molar-refractivity contribution is -0.163. The maximum absolute atomic E-state index is 12.9. The molecule has 0 aliphatic carbocycles. The molecule has 0 aromatic rings. The standard InChI is InChI=1S/C63H120O5/c1-4-7-10-13-16-19-22-25-28-30-32-34-36-38-41-44-47-50-53-56-62(64)67-60-61(59-66-58-55-52-49-46-43-40-27-24-21-18-15-12-9-6-3)68-63(65)57-54-51-48-45-42-39-37-35-33-31-29-26-23-20-17-14-11-8-5-2/h16,19,25,28,61H,4-15,17-18,20-24,26-27,29-60H2,1-3H3/b19-16-,28-25-. The summed E-state index contributed by atoms with van der Waals surface area (Å²) in [5.74, 6) is -0.375. The molecule has 5 heteroatoms. The third-order valence-corrected chi connectivity index (χ3v) is 14.0. The Kier molecular flexibility index (Phi) is 58.3. The third-order valence-electron chi connectivity index (χ3n) is 14.0. The van der Waals surface area contributed by atoms with Gasteiger partial charge in [0.05, 0.1) is 6.61 Å². The minimum absolute atomic E-state index is 0.0917. The fourth-order valence-electron chi connectivity index (χ4n) is 9.37. The van der Waals surface area contributed by atoms with E-state index in [2.05, 4.69) is 45.1 Å². The Labute approximate surface area is 426 Å². The number of carbonyl (C=O) groups excluding carboxylic acids is 2. The van der Waals surface area contributed by atoms with Gasteiger partial charge in [0.15, 0.2) is 6.10 Å². The molecule has 0 rings (SSSR count). The Balaban J connectivity index is 4.19. The van der Waals surface area contributed by atoms with Gasteiger partial charge in [0.1, 0.15) is 6.61 Å². The van der Waals surface area contributed by atoms with Crippen molar-refractivity contribution in [2.24, 2.45) is 0 Å². The van der Waals surface area contributed by atoms with Gasteiger partial charge in [-0.2, -0.15) is 0 Å². The molecule has 0 radical (unpaired) electrons. The maximum atomic E-state index is 12.9. The van der Waals surface area contributed by atoms with Gasteiger partial charge in [-0.15, -0.1) is 0 Å². The van der Waals surface area contributed by atoms with Gasteiger partial charge in [-0.3, -0.25) is 9.59 Å². The van der Waals surface area contributed by atoms with Gasteiger partial charge < -0.3 is 14.2 Å². The van der Waals surface area contributed by atoms with Crippen LogP contribution in [0, 0.1) is 0 Å². The molecule has 0 amide bonds. The summed E-state index contributed by atoms with van der Waals surface area (Å²) in [6.07, 6.45) is 72.0. The molecular weight excluding hydrogens is 837 g/mol. The first-order chi connectivity index (χ1) is 33.6. The highest BCUT2D eigenvalue weighted by atomic mass is 16.6. The van der Waals surface area contributed by atoms with E-state index in [1.807, 2.05) is 0 Å². The Bertz CT molecular complexity index is 1040. The topological polar surface area (TPSA) is 61.8 Å². The van der Waals surface area contributed by atoms with Gasteiger partial charge in [0.2, 0.25) is 0 Å². The Morgan fingerprint density at radius 2 is 0.618 bits per heavy atom. The Hall–Kier alpha value is -1.62. The summed E-state index contributed by atoms with van der Waals surface area (Å²) in [6, 6.07) is 0. The molecular formula is C63H120O5. The first-order valence-corrected chi connectivity index (χ1v) is 30.9. The van der Waals surface area contributed by atoms with Gasteiger partial charge in [-0.05, 0) is 51.4 Å². The number of hydrogen-bond donors (Lipinski definition) is 0. The fraction of sp³-hybridized carbons (Fsp3) is 0.905. The van der Waals surface area contributed by atoms with Gasteiger partial charge in [0.25, 0.3) is 0 Å². The summed E-state index contributed by atoms with van der Waals surface area (Å²) in [6.45, 7) is 7.89. The molecule has 1 atom stereocenters. The highest BCUT2D eigenvalue weighted by Gasteiger charge is 2.18. The van der Waals surface area contributed by atoms with Gasteiger partial charge in [-0.1, -0.05) is 302 Å². The SMILES string of the molecule is CCCCC/C=C\C/C=C\CCCCCCCCCCCC(=O)OCC(COCCCCCCCCCCCCCCCC)OC(=O)CCCCCCCCCCCCCCCCCCCCC. The van der Waals surface area contributed by atoms with Crippen molar-refractivity contribution in [1.29, 1.82) is 0 Å². The number of allylic oxidation sites excluding steroid dienone is 4. The zero-order chi connectivity index (χ0) is 49.2. The van der Waals surface area contributed by atoms with E-state index in [-0.39, 0.29) is 18.5 Å². The van der Waals surface area contributed by atoms with Crippen LogP contribution in [0.15, 0.2) is 24.3 Å². The highest BCUT2D eigenvalue weighted by Crippen LogP contribution is 2.17. The van der Waals surface area contributed by atoms with E-state index in [1.54, 1.807) is 0 Å². The molecule has 68 heavy (non-hydrogen) atoms. The summed E-state index contributed by atoms with van der Waals surface area (Å²) in [7, 11) is 0. The lowest BCUT2D eigenvalue weighted by Gasteiger charge is -2.18. The van der Waals surface area contributed by atoms with E-state index in [0.29, 0.717) is 26.1 Å². The Morgan fingerprint density at radius 3 is 1.00 bits per heavy atom. The van der Waals surface area contributed by atoms with E-state index in [1.165, 1.54) is 270 Å². The van der Waals surface area contributed by atoms with Gasteiger partial charge >= 0.3 is 11.9 Å². The summed E-state index contributed by atoms with van der Waals surface area (Å²) in [5.41, 5.74) is 0. The monoisotopic (exact) mass is 957 g/mol. The van der Waals surface area contributed by atoms with Crippen molar-refractivity contribution in [3.8, 4) is 0 Å². The molecule has 0 heterocycles. The van der Waals surface area contributed by atoms with Crippen LogP contribution in [-0.4, -0.2) is 37.9 Å². The van der Waals surface area contributed by atoms with Crippen LogP contribution < -0.4 is 0 Å². The zero-order valence-electron chi connectivity index (χ0n) is 46.4. The van der Waals surface area contributed by atoms with Crippen molar-refractivity contribution in [1.82, 2.24) is 0 Å². The normalized spacial score (nSPS) is 12.2. The Morgan fingerprint density at radius 1 is 0.324 bits per heavy atom. The molecule has 0 bridgehead atoms. The molecule has 0 aliphatic rings. The second-order valence-electron chi connectivity index (χ2n) is 21.0. The van der Waals surface area contributed by atoms with Crippen molar-refractivity contribution in [3.05, 3.63) is 24.3 Å². The van der Waals surface area contributed by atoms with E-state index < -0.39 is 6.10 Å². The van der Waals surface area contributed by atoms with E-state index in [9.17, 15) is 9.59 Å². The molecule has 402 valence electrons. The summed E-state index contributed by atoms with van der Waals surface area (Å²) < 4.78 is 17.5. The van der Waals surface area contributed by atoms with Gasteiger partial charge in [0, 0.05) is 19.4 Å². The lowest BCUT2D eigenvalue weighted by atomic mass is 10.0. The number of esters is 2. The molecule has 0 N–H and O–H groups in total. The van der Waals surface area contributed by atoms with E-state index >= 15 is 0 Å². The van der Waals surface area contributed by atoms with Crippen molar-refractivity contribution < 1.29 is 23.8 Å². The van der Waals surface area contributed by atoms with Crippen LogP contribution >= 0.6 is 0 Å². The minimum Gasteiger partial charge on any atom is -0.462 e. The molecule has 0 aromatic heterocycles. The van der Waals surface area contributed by atoms with Crippen molar-refractivity contribution in [3.63, 3.8) is 0 Å². The van der Waals surface area contributed by atoms with Crippen LogP contribution in [-0.2, 0) is 23.8 Å². The molecule has 0 aliphatic heterocycles. The summed E-state index contributed by atoms with van der Waals surface area (Å²) >= 11 is 0. The van der Waals surface area contributed by atoms with Crippen LogP contribution in [0.4, 0.5) is 0 Å². The zero-order valence-corrected chi connectivity index (χ0v) is 46.4. The molecule has 1 unspecified atom stereocenters. The molecule has 5 nitrogen and oxygen atoms in total. The fourth-order valence-corrected chi connectivity index (χ4v) is 9.37. The number of carbonyl (C=O) groups is 2. The number of hydrogen-bond acceptors (Lipinski definition) is 5. The van der Waals surface area contributed by atoms with Gasteiger partial charge in [-0.25, -0.2) is 0 Å². The first-order valence-electron chi connectivity index (χ1n) is 30.9. The molecule has 0 saturated carbocycles. The average Bonchev–Trinajstić information content (AvgIpc) is 3.34. The second-order valence-corrected chi connectivity index (χ2v) is 21.0. The van der Waals surface area contributed by atoms with Crippen molar-refractivity contribution >= 4 is 11.9 Å². The number of unbranched alkanes of at least 4 members (excludes halogenated alkanes) is 43. The van der Waals surface area contributed by atoms with Crippen LogP contribution in [0.3, 0.4) is 0 Å². The largest absolute Gasteiger partial charge is 0.462 e. The summed E-state index contributed by atoms with van der Waals surface area (Å²) in [5, 5.41) is 0. The summed E-state index contributed by atoms with van der Waals surface area (Å²) in [4.78, 5) is 25.6. The average molecular weight is 958 g/mol. The smallest absolute Gasteiger partial charge is 0.306 e. The molecule has 0 fully saturated rings. The molecule has 0 spiro atoms. The third kappa shape index (κ3) is 57.0. The first kappa shape index (κ1) is 66.4. The maximum Gasteiger partial charge on any atom is 0.306 e. The van der Waals surface area contributed by atoms with Crippen molar-refractivity contribution in [2.75, 3.05) is 19.8 Å². The van der Waals surface area contributed by atoms with Crippen LogP contribution in [0.5, 0.6) is 0 Å². The molecule has 0 aromatic carbocycles. The highest BCUT2D eigenvalue weighted by molar-refractivity contribution is 5.70. The van der Waals surface area contributed by atoms with Crippen LogP contribution in [0.25, 0.3) is 0 Å². The lowest BCUT2D eigenvalue weighted by Crippen LogP contribution is -2.30. The molecule has 0 saturated heterocycles. The predicted octanol–water partition coefficient (Wildman–Crippen LogP) is 21.1. The quantitative estimate of drug-likeness (QED) is 0.0345. The predicted molar refractivity (Wildman–Crippen MR) is 298 cm³/mol. The van der Waals surface area contributed by atoms with Crippen molar-refractivity contribution in [2.45, 2.75) is 348 Å². The second kappa shape index (κ2) is 59.7. The number of ether oxygens (including phenoxy) is 3. The minimum atomic E-state index is -0.531. The van der Waals surface area contributed by atoms with E-state index in [4.69, 9.17) is 14.2 Å².